The Labute approximate surface area is 63.1 Å². The molecule has 0 aliphatic rings. The molecule has 2 N–H and O–H groups in total. The lowest BCUT2D eigenvalue weighted by molar-refractivity contribution is 0.156. The summed E-state index contributed by atoms with van der Waals surface area (Å²) in [5.41, 5.74) is 6.52. The predicted molar refractivity (Wildman–Crippen MR) is 43.9 cm³/mol. The van der Waals surface area contributed by atoms with Crippen molar-refractivity contribution in [3.8, 4) is 0 Å². The molecule has 0 aromatic carbocycles. The summed E-state index contributed by atoms with van der Waals surface area (Å²) in [6.07, 6.45) is 3.06. The highest BCUT2D eigenvalue weighted by atomic mass is 16.5. The fourth-order valence-corrected chi connectivity index (χ4v) is 0.638. The van der Waals surface area contributed by atoms with Crippen LogP contribution in [0, 0.1) is 0 Å². The van der Waals surface area contributed by atoms with Crippen LogP contribution < -0.4 is 5.73 Å². The van der Waals surface area contributed by atoms with Crippen LogP contribution in [0.1, 0.15) is 20.3 Å². The monoisotopic (exact) mass is 143 g/mol. The van der Waals surface area contributed by atoms with E-state index in [2.05, 4.69) is 6.92 Å². The van der Waals surface area contributed by atoms with Crippen molar-refractivity contribution in [2.75, 3.05) is 19.8 Å². The van der Waals surface area contributed by atoms with E-state index in [4.69, 9.17) is 10.5 Å². The zero-order valence-electron chi connectivity index (χ0n) is 6.89. The number of ether oxygens (including phenoxy) is 1. The Morgan fingerprint density at radius 3 is 2.80 bits per heavy atom. The van der Waals surface area contributed by atoms with Gasteiger partial charge in [-0.2, -0.15) is 0 Å². The average Bonchev–Trinajstić information content (AvgIpc) is 1.89. The second-order valence-electron chi connectivity index (χ2n) is 2.34. The van der Waals surface area contributed by atoms with Gasteiger partial charge in [0.15, 0.2) is 0 Å². The summed E-state index contributed by atoms with van der Waals surface area (Å²) in [6.45, 7) is 6.31. The van der Waals surface area contributed by atoms with Gasteiger partial charge >= 0.3 is 0 Å². The van der Waals surface area contributed by atoms with Gasteiger partial charge in [-0.05, 0) is 13.3 Å². The third-order valence-corrected chi connectivity index (χ3v) is 1.14. The summed E-state index contributed by atoms with van der Waals surface area (Å²) in [5, 5.41) is 0. The lowest BCUT2D eigenvalue weighted by Gasteiger charge is -2.01. The molecule has 0 atom stereocenters. The maximum Gasteiger partial charge on any atom is 0.0674 e. The molecule has 0 fully saturated rings. The van der Waals surface area contributed by atoms with E-state index in [9.17, 15) is 0 Å². The molecule has 0 aromatic heterocycles. The first-order chi connectivity index (χ1) is 4.81. The molecule has 0 heterocycles. The van der Waals surface area contributed by atoms with Crippen LogP contribution >= 0.6 is 0 Å². The zero-order valence-corrected chi connectivity index (χ0v) is 6.89. The van der Waals surface area contributed by atoms with Crippen molar-refractivity contribution in [2.45, 2.75) is 20.3 Å². The first kappa shape index (κ1) is 9.66. The molecule has 0 amide bonds. The maximum absolute atomic E-state index is 5.30. The minimum Gasteiger partial charge on any atom is -0.377 e. The quantitative estimate of drug-likeness (QED) is 0.465. The van der Waals surface area contributed by atoms with Crippen molar-refractivity contribution in [1.29, 1.82) is 0 Å². The van der Waals surface area contributed by atoms with Gasteiger partial charge in [-0.15, -0.1) is 0 Å². The van der Waals surface area contributed by atoms with E-state index >= 15 is 0 Å². The second kappa shape index (κ2) is 6.78. The third kappa shape index (κ3) is 5.79. The van der Waals surface area contributed by atoms with Gasteiger partial charge in [-0.3, -0.25) is 0 Å². The lowest BCUT2D eigenvalue weighted by atomic mass is 10.3. The molecule has 60 valence electrons. The molecule has 0 unspecified atom stereocenters. The van der Waals surface area contributed by atoms with Gasteiger partial charge in [0.25, 0.3) is 0 Å². The Hall–Kier alpha value is -0.340. The van der Waals surface area contributed by atoms with Crippen LogP contribution in [0.2, 0.25) is 0 Å². The SMILES string of the molecule is CCCOC/C(C)=C/CN. The normalized spacial score (nSPS) is 12.1. The molecule has 0 rings (SSSR count). The van der Waals surface area contributed by atoms with E-state index in [1.807, 2.05) is 13.0 Å². The minimum absolute atomic E-state index is 0.612. The molecule has 0 spiro atoms. The van der Waals surface area contributed by atoms with E-state index in [0.29, 0.717) is 6.54 Å². The molecule has 2 heteroatoms. The van der Waals surface area contributed by atoms with Crippen LogP contribution in [-0.4, -0.2) is 19.8 Å². The van der Waals surface area contributed by atoms with Gasteiger partial charge in [-0.25, -0.2) is 0 Å². The van der Waals surface area contributed by atoms with Crippen LogP contribution in [0.4, 0.5) is 0 Å². The van der Waals surface area contributed by atoms with Crippen molar-refractivity contribution in [1.82, 2.24) is 0 Å². The third-order valence-electron chi connectivity index (χ3n) is 1.14. The molecular formula is C8H17NO. The smallest absolute Gasteiger partial charge is 0.0674 e. The van der Waals surface area contributed by atoms with Gasteiger partial charge in [0, 0.05) is 13.2 Å². The highest BCUT2D eigenvalue weighted by Gasteiger charge is 1.86. The first-order valence-corrected chi connectivity index (χ1v) is 3.74. The van der Waals surface area contributed by atoms with E-state index in [-0.39, 0.29) is 0 Å². The summed E-state index contributed by atoms with van der Waals surface area (Å²) in [5.74, 6) is 0. The average molecular weight is 143 g/mol. The Morgan fingerprint density at radius 1 is 1.60 bits per heavy atom. The fraction of sp³-hybridized carbons (Fsp3) is 0.750. The Balaban J connectivity index is 3.21. The molecule has 0 saturated carbocycles. The minimum atomic E-state index is 0.612. The highest BCUT2D eigenvalue weighted by molar-refractivity contribution is 4.98. The molecule has 0 radical (unpaired) electrons. The largest absolute Gasteiger partial charge is 0.377 e. The standard InChI is InChI=1S/C8H17NO/c1-3-6-10-7-8(2)4-5-9/h4H,3,5-7,9H2,1-2H3/b8-4+. The maximum atomic E-state index is 5.30. The predicted octanol–water partition coefficient (Wildman–Crippen LogP) is 1.32. The van der Waals surface area contributed by atoms with E-state index in [1.54, 1.807) is 0 Å². The van der Waals surface area contributed by atoms with Gasteiger partial charge in [-0.1, -0.05) is 18.6 Å². The molecular weight excluding hydrogens is 126 g/mol. The van der Waals surface area contributed by atoms with Gasteiger partial charge < -0.3 is 10.5 Å². The van der Waals surface area contributed by atoms with Crippen LogP contribution in [0.15, 0.2) is 11.6 Å². The van der Waals surface area contributed by atoms with E-state index in [0.717, 1.165) is 19.6 Å². The van der Waals surface area contributed by atoms with E-state index < -0.39 is 0 Å². The Kier molecular flexibility index (Phi) is 6.55. The van der Waals surface area contributed by atoms with E-state index in [1.165, 1.54) is 5.57 Å². The van der Waals surface area contributed by atoms with Crippen LogP contribution in [0.3, 0.4) is 0 Å². The molecule has 0 saturated heterocycles. The Morgan fingerprint density at radius 2 is 2.30 bits per heavy atom. The van der Waals surface area contributed by atoms with Crippen molar-refractivity contribution in [3.63, 3.8) is 0 Å². The van der Waals surface area contributed by atoms with Crippen molar-refractivity contribution >= 4 is 0 Å². The van der Waals surface area contributed by atoms with Gasteiger partial charge in [0.05, 0.1) is 6.61 Å². The summed E-state index contributed by atoms with van der Waals surface area (Å²) in [6, 6.07) is 0. The number of hydrogen-bond acceptors (Lipinski definition) is 2. The number of nitrogens with two attached hydrogens (primary N) is 1. The first-order valence-electron chi connectivity index (χ1n) is 3.74. The summed E-state index contributed by atoms with van der Waals surface area (Å²) >= 11 is 0. The fourth-order valence-electron chi connectivity index (χ4n) is 0.638. The molecule has 2 nitrogen and oxygen atoms in total. The summed E-state index contributed by atoms with van der Waals surface area (Å²) in [4.78, 5) is 0. The molecule has 0 aliphatic heterocycles. The van der Waals surface area contributed by atoms with Crippen molar-refractivity contribution in [2.24, 2.45) is 5.73 Å². The summed E-state index contributed by atoms with van der Waals surface area (Å²) in [7, 11) is 0. The second-order valence-corrected chi connectivity index (χ2v) is 2.34. The topological polar surface area (TPSA) is 35.2 Å². The van der Waals surface area contributed by atoms with Crippen LogP contribution in [-0.2, 0) is 4.74 Å². The van der Waals surface area contributed by atoms with Gasteiger partial charge in [0.1, 0.15) is 0 Å². The van der Waals surface area contributed by atoms with Gasteiger partial charge in [0.2, 0.25) is 0 Å². The molecule has 10 heavy (non-hydrogen) atoms. The highest BCUT2D eigenvalue weighted by Crippen LogP contribution is 1.92. The molecule has 0 aliphatic carbocycles. The van der Waals surface area contributed by atoms with Crippen LogP contribution in [0.25, 0.3) is 0 Å². The molecule has 0 aromatic rings. The van der Waals surface area contributed by atoms with Crippen LogP contribution in [0.5, 0.6) is 0 Å². The molecule has 0 bridgehead atoms. The lowest BCUT2D eigenvalue weighted by Crippen LogP contribution is -2.00. The van der Waals surface area contributed by atoms with Crippen molar-refractivity contribution in [3.05, 3.63) is 11.6 Å². The summed E-state index contributed by atoms with van der Waals surface area (Å²) < 4.78 is 5.27. The Bertz CT molecular complexity index is 99.4. The van der Waals surface area contributed by atoms with Crippen molar-refractivity contribution < 1.29 is 4.74 Å². The number of hydrogen-bond donors (Lipinski definition) is 1. The zero-order chi connectivity index (χ0) is 7.82. The number of rotatable bonds is 5.